The molecule has 0 aliphatic rings. The molecule has 94 valence electrons. The van der Waals surface area contributed by atoms with Crippen LogP contribution in [0.25, 0.3) is 16.7 Å². The molecule has 5 heteroatoms. The van der Waals surface area contributed by atoms with E-state index in [0.29, 0.717) is 10.5 Å². The summed E-state index contributed by atoms with van der Waals surface area (Å²) in [7, 11) is 0. The fraction of sp³-hybridized carbons (Fsp3) is 0. The number of aromatic carboxylic acids is 1. The first-order chi connectivity index (χ1) is 9.16. The SMILES string of the molecule is O=C(O)c1ccc2ncn(-c3ccccc3Cl)c2c1. The van der Waals surface area contributed by atoms with Gasteiger partial charge in [-0.25, -0.2) is 9.78 Å². The second-order valence-electron chi connectivity index (χ2n) is 4.07. The Balaban J connectivity index is 2.27. The topological polar surface area (TPSA) is 55.1 Å². The van der Waals surface area contributed by atoms with Crippen LogP contribution in [0.5, 0.6) is 0 Å². The lowest BCUT2D eigenvalue weighted by Crippen LogP contribution is -1.97. The van der Waals surface area contributed by atoms with Crippen LogP contribution in [0, 0.1) is 0 Å². The highest BCUT2D eigenvalue weighted by Crippen LogP contribution is 2.24. The smallest absolute Gasteiger partial charge is 0.335 e. The molecule has 19 heavy (non-hydrogen) atoms. The van der Waals surface area contributed by atoms with Gasteiger partial charge in [-0.1, -0.05) is 23.7 Å². The molecule has 0 amide bonds. The number of halogens is 1. The Kier molecular flexibility index (Phi) is 2.72. The van der Waals surface area contributed by atoms with Crippen molar-refractivity contribution in [3.8, 4) is 5.69 Å². The first kappa shape index (κ1) is 11.7. The molecule has 4 nitrogen and oxygen atoms in total. The lowest BCUT2D eigenvalue weighted by Gasteiger charge is -2.06. The molecule has 1 aromatic heterocycles. The zero-order chi connectivity index (χ0) is 13.4. The van der Waals surface area contributed by atoms with Crippen LogP contribution in [-0.2, 0) is 0 Å². The third kappa shape index (κ3) is 1.96. The van der Waals surface area contributed by atoms with E-state index >= 15 is 0 Å². The Morgan fingerprint density at radius 2 is 2.00 bits per heavy atom. The van der Waals surface area contributed by atoms with Crippen LogP contribution in [0.2, 0.25) is 5.02 Å². The van der Waals surface area contributed by atoms with Gasteiger partial charge in [-0.3, -0.25) is 4.57 Å². The third-order valence-electron chi connectivity index (χ3n) is 2.91. The Morgan fingerprint density at radius 1 is 1.21 bits per heavy atom. The van der Waals surface area contributed by atoms with Gasteiger partial charge in [0.1, 0.15) is 6.33 Å². The number of carbonyl (C=O) groups is 1. The van der Waals surface area contributed by atoms with Gasteiger partial charge in [0.2, 0.25) is 0 Å². The summed E-state index contributed by atoms with van der Waals surface area (Å²) >= 11 is 6.15. The molecule has 2 aromatic carbocycles. The van der Waals surface area contributed by atoms with E-state index in [2.05, 4.69) is 4.98 Å². The van der Waals surface area contributed by atoms with E-state index in [1.165, 1.54) is 6.07 Å². The van der Waals surface area contributed by atoms with Crippen molar-refractivity contribution in [2.24, 2.45) is 0 Å². The van der Waals surface area contributed by atoms with E-state index in [0.717, 1.165) is 11.2 Å². The molecule has 0 saturated heterocycles. The van der Waals surface area contributed by atoms with E-state index in [1.54, 1.807) is 29.1 Å². The number of imidazole rings is 1. The molecule has 0 atom stereocenters. The maximum absolute atomic E-state index is 11.0. The minimum Gasteiger partial charge on any atom is -0.478 e. The highest BCUT2D eigenvalue weighted by Gasteiger charge is 2.10. The van der Waals surface area contributed by atoms with Gasteiger partial charge < -0.3 is 5.11 Å². The predicted molar refractivity (Wildman–Crippen MR) is 73.0 cm³/mol. The van der Waals surface area contributed by atoms with Crippen molar-refractivity contribution in [2.45, 2.75) is 0 Å². The lowest BCUT2D eigenvalue weighted by atomic mass is 10.2. The first-order valence-electron chi connectivity index (χ1n) is 5.62. The molecule has 0 radical (unpaired) electrons. The van der Waals surface area contributed by atoms with Gasteiger partial charge in [0.05, 0.1) is 27.3 Å². The van der Waals surface area contributed by atoms with Gasteiger partial charge in [-0.05, 0) is 30.3 Å². The molecule has 1 N–H and O–H groups in total. The summed E-state index contributed by atoms with van der Waals surface area (Å²) in [6.07, 6.45) is 1.64. The molecule has 0 bridgehead atoms. The molecule has 0 unspecified atom stereocenters. The van der Waals surface area contributed by atoms with Crippen LogP contribution in [-0.4, -0.2) is 20.6 Å². The van der Waals surface area contributed by atoms with E-state index in [1.807, 2.05) is 18.2 Å². The Labute approximate surface area is 113 Å². The monoisotopic (exact) mass is 272 g/mol. The number of hydrogen-bond acceptors (Lipinski definition) is 2. The van der Waals surface area contributed by atoms with Gasteiger partial charge in [0.25, 0.3) is 0 Å². The molecular weight excluding hydrogens is 264 g/mol. The zero-order valence-electron chi connectivity index (χ0n) is 9.75. The number of hydrogen-bond donors (Lipinski definition) is 1. The Bertz CT molecular complexity index is 780. The maximum atomic E-state index is 11.0. The molecule has 0 fully saturated rings. The van der Waals surface area contributed by atoms with Gasteiger partial charge in [0, 0.05) is 0 Å². The summed E-state index contributed by atoms with van der Waals surface area (Å²) in [6.45, 7) is 0. The minimum atomic E-state index is -0.964. The fourth-order valence-corrected chi connectivity index (χ4v) is 2.21. The summed E-state index contributed by atoms with van der Waals surface area (Å²) in [4.78, 5) is 15.3. The third-order valence-corrected chi connectivity index (χ3v) is 3.23. The number of fused-ring (bicyclic) bond motifs is 1. The van der Waals surface area contributed by atoms with Crippen LogP contribution in [0.3, 0.4) is 0 Å². The van der Waals surface area contributed by atoms with Crippen molar-refractivity contribution in [1.82, 2.24) is 9.55 Å². The maximum Gasteiger partial charge on any atom is 0.335 e. The quantitative estimate of drug-likeness (QED) is 0.778. The number of rotatable bonds is 2. The number of benzene rings is 2. The molecule has 0 aliphatic carbocycles. The molecule has 3 rings (SSSR count). The average molecular weight is 273 g/mol. The van der Waals surface area contributed by atoms with E-state index in [4.69, 9.17) is 16.7 Å². The summed E-state index contributed by atoms with van der Waals surface area (Å²) in [5, 5.41) is 9.63. The van der Waals surface area contributed by atoms with Gasteiger partial charge >= 0.3 is 5.97 Å². The van der Waals surface area contributed by atoms with Crippen molar-refractivity contribution >= 4 is 28.6 Å². The normalized spacial score (nSPS) is 10.8. The highest BCUT2D eigenvalue weighted by molar-refractivity contribution is 6.32. The van der Waals surface area contributed by atoms with Crippen molar-refractivity contribution in [3.05, 3.63) is 59.4 Å². The van der Waals surface area contributed by atoms with Crippen LogP contribution in [0.1, 0.15) is 10.4 Å². The van der Waals surface area contributed by atoms with Crippen molar-refractivity contribution in [2.75, 3.05) is 0 Å². The van der Waals surface area contributed by atoms with Crippen LogP contribution in [0.4, 0.5) is 0 Å². The number of para-hydroxylation sites is 1. The second-order valence-corrected chi connectivity index (χ2v) is 4.48. The van der Waals surface area contributed by atoms with Gasteiger partial charge in [-0.15, -0.1) is 0 Å². The second kappa shape index (κ2) is 4.40. The predicted octanol–water partition coefficient (Wildman–Crippen LogP) is 3.38. The average Bonchev–Trinajstić information content (AvgIpc) is 2.82. The van der Waals surface area contributed by atoms with E-state index in [-0.39, 0.29) is 5.56 Å². The molecule has 0 spiro atoms. The molecule has 0 saturated carbocycles. The first-order valence-corrected chi connectivity index (χ1v) is 6.00. The summed E-state index contributed by atoms with van der Waals surface area (Å²) in [6, 6.07) is 12.2. The number of carboxylic acids is 1. The van der Waals surface area contributed by atoms with Crippen LogP contribution in [0.15, 0.2) is 48.8 Å². The highest BCUT2D eigenvalue weighted by atomic mass is 35.5. The summed E-state index contributed by atoms with van der Waals surface area (Å²) < 4.78 is 1.78. The molecule has 3 aromatic rings. The largest absolute Gasteiger partial charge is 0.478 e. The van der Waals surface area contributed by atoms with Crippen molar-refractivity contribution < 1.29 is 9.90 Å². The van der Waals surface area contributed by atoms with E-state index in [9.17, 15) is 4.79 Å². The number of nitrogens with zero attached hydrogens (tertiary/aromatic N) is 2. The standard InChI is InChI=1S/C14H9ClN2O2/c15-10-3-1-2-4-12(10)17-8-16-11-6-5-9(14(18)19)7-13(11)17/h1-8H,(H,18,19). The Hall–Kier alpha value is -2.33. The van der Waals surface area contributed by atoms with Gasteiger partial charge in [0.15, 0.2) is 0 Å². The van der Waals surface area contributed by atoms with Crippen LogP contribution < -0.4 is 0 Å². The van der Waals surface area contributed by atoms with E-state index < -0.39 is 5.97 Å². The molecular formula is C14H9ClN2O2. The molecule has 0 aliphatic heterocycles. The van der Waals surface area contributed by atoms with Crippen molar-refractivity contribution in [3.63, 3.8) is 0 Å². The zero-order valence-corrected chi connectivity index (χ0v) is 10.5. The number of aromatic nitrogens is 2. The van der Waals surface area contributed by atoms with Gasteiger partial charge in [-0.2, -0.15) is 0 Å². The molecule has 1 heterocycles. The Morgan fingerprint density at radius 3 is 2.74 bits per heavy atom. The number of carboxylic acid groups (broad SMARTS) is 1. The minimum absolute atomic E-state index is 0.223. The summed E-state index contributed by atoms with van der Waals surface area (Å²) in [5.41, 5.74) is 2.44. The van der Waals surface area contributed by atoms with Crippen molar-refractivity contribution in [1.29, 1.82) is 0 Å². The van der Waals surface area contributed by atoms with Crippen LogP contribution >= 0.6 is 11.6 Å². The fourth-order valence-electron chi connectivity index (χ4n) is 1.98. The lowest BCUT2D eigenvalue weighted by molar-refractivity contribution is 0.0697. The summed E-state index contributed by atoms with van der Waals surface area (Å²) in [5.74, 6) is -0.964.